The van der Waals surface area contributed by atoms with Crippen LogP contribution in [-0.4, -0.2) is 9.55 Å². The molecule has 2 N–H and O–H groups in total. The van der Waals surface area contributed by atoms with Crippen molar-refractivity contribution in [2.75, 3.05) is 5.73 Å². The number of aryl methyl sites for hydroxylation is 1. The molecule has 1 heterocycles. The molecule has 0 aliphatic carbocycles. The van der Waals surface area contributed by atoms with Crippen molar-refractivity contribution in [1.29, 1.82) is 0 Å². The van der Waals surface area contributed by atoms with Gasteiger partial charge in [-0.1, -0.05) is 24.3 Å². The summed E-state index contributed by atoms with van der Waals surface area (Å²) < 4.78 is 2.09. The summed E-state index contributed by atoms with van der Waals surface area (Å²) in [5.74, 6) is 0.943. The van der Waals surface area contributed by atoms with Crippen LogP contribution in [0.5, 0.6) is 0 Å². The fourth-order valence-corrected chi connectivity index (χ4v) is 2.08. The highest BCUT2D eigenvalue weighted by Gasteiger charge is 2.08. The molecule has 3 nitrogen and oxygen atoms in total. The molecule has 3 rings (SSSR count). The zero-order valence-electron chi connectivity index (χ0n) is 9.59. The molecular formula is C14H13N3. The minimum Gasteiger partial charge on any atom is -0.399 e. The maximum atomic E-state index is 5.80. The van der Waals surface area contributed by atoms with Gasteiger partial charge in [-0.3, -0.25) is 0 Å². The number of fused-ring (bicyclic) bond motifs is 1. The van der Waals surface area contributed by atoms with Crippen molar-refractivity contribution in [1.82, 2.24) is 9.55 Å². The summed E-state index contributed by atoms with van der Waals surface area (Å²) in [5, 5.41) is 0. The van der Waals surface area contributed by atoms with Gasteiger partial charge in [0.05, 0.1) is 11.0 Å². The lowest BCUT2D eigenvalue weighted by Crippen LogP contribution is -1.93. The van der Waals surface area contributed by atoms with E-state index in [-0.39, 0.29) is 0 Å². The van der Waals surface area contributed by atoms with Gasteiger partial charge in [-0.15, -0.1) is 0 Å². The average molecular weight is 223 g/mol. The fraction of sp³-hybridized carbons (Fsp3) is 0.0714. The van der Waals surface area contributed by atoms with Crippen LogP contribution in [0.2, 0.25) is 0 Å². The number of rotatable bonds is 1. The highest BCUT2D eigenvalue weighted by atomic mass is 15.1. The molecule has 0 aliphatic heterocycles. The third kappa shape index (κ3) is 1.56. The van der Waals surface area contributed by atoms with Crippen molar-refractivity contribution in [3.63, 3.8) is 0 Å². The van der Waals surface area contributed by atoms with Gasteiger partial charge in [0.1, 0.15) is 5.82 Å². The van der Waals surface area contributed by atoms with Crippen LogP contribution in [0, 0.1) is 0 Å². The normalized spacial score (nSPS) is 10.9. The second-order valence-corrected chi connectivity index (χ2v) is 4.11. The Morgan fingerprint density at radius 2 is 1.88 bits per heavy atom. The molecule has 3 heteroatoms. The van der Waals surface area contributed by atoms with E-state index >= 15 is 0 Å². The van der Waals surface area contributed by atoms with E-state index in [0.29, 0.717) is 0 Å². The minimum absolute atomic E-state index is 0.759. The zero-order valence-corrected chi connectivity index (χ0v) is 9.59. The molecule has 1 aromatic heterocycles. The van der Waals surface area contributed by atoms with Crippen molar-refractivity contribution in [3.05, 3.63) is 48.5 Å². The number of nitrogen functional groups attached to an aromatic ring is 1. The van der Waals surface area contributed by atoms with Crippen LogP contribution in [0.1, 0.15) is 0 Å². The maximum absolute atomic E-state index is 5.80. The molecule has 2 aromatic carbocycles. The van der Waals surface area contributed by atoms with Gasteiger partial charge in [0.25, 0.3) is 0 Å². The third-order valence-corrected chi connectivity index (χ3v) is 2.93. The first-order chi connectivity index (χ1) is 8.25. The molecule has 0 bridgehead atoms. The van der Waals surface area contributed by atoms with Crippen LogP contribution < -0.4 is 5.73 Å². The summed E-state index contributed by atoms with van der Waals surface area (Å²) in [7, 11) is 2.02. The van der Waals surface area contributed by atoms with Gasteiger partial charge in [0.15, 0.2) is 0 Å². The lowest BCUT2D eigenvalue weighted by atomic mass is 10.2. The predicted octanol–water partition coefficient (Wildman–Crippen LogP) is 2.82. The topological polar surface area (TPSA) is 43.8 Å². The molecule has 0 spiro atoms. The number of hydrogen-bond donors (Lipinski definition) is 1. The van der Waals surface area contributed by atoms with E-state index in [1.165, 1.54) is 0 Å². The van der Waals surface area contributed by atoms with Gasteiger partial charge in [0, 0.05) is 18.3 Å². The highest BCUT2D eigenvalue weighted by molar-refractivity contribution is 5.80. The standard InChI is InChI=1S/C14H13N3/c1-17-13-8-3-2-7-12(13)16-14(17)10-5-4-6-11(15)9-10/h2-9H,15H2,1H3. The van der Waals surface area contributed by atoms with Gasteiger partial charge in [0.2, 0.25) is 0 Å². The van der Waals surface area contributed by atoms with Crippen molar-refractivity contribution in [2.24, 2.45) is 7.05 Å². The molecule has 0 fully saturated rings. The van der Waals surface area contributed by atoms with Gasteiger partial charge in [-0.25, -0.2) is 4.98 Å². The number of imidazole rings is 1. The quantitative estimate of drug-likeness (QED) is 0.645. The number of nitrogens with zero attached hydrogens (tertiary/aromatic N) is 2. The summed E-state index contributed by atoms with van der Waals surface area (Å²) in [5.41, 5.74) is 9.74. The van der Waals surface area contributed by atoms with Crippen LogP contribution in [0.3, 0.4) is 0 Å². The minimum atomic E-state index is 0.759. The Morgan fingerprint density at radius 1 is 1.06 bits per heavy atom. The molecule has 17 heavy (non-hydrogen) atoms. The van der Waals surface area contributed by atoms with Gasteiger partial charge < -0.3 is 10.3 Å². The maximum Gasteiger partial charge on any atom is 0.140 e. The van der Waals surface area contributed by atoms with Crippen molar-refractivity contribution in [3.8, 4) is 11.4 Å². The number of para-hydroxylation sites is 2. The molecule has 0 saturated carbocycles. The molecule has 0 amide bonds. The first kappa shape index (κ1) is 9.90. The highest BCUT2D eigenvalue weighted by Crippen LogP contribution is 2.24. The number of benzene rings is 2. The molecule has 0 aliphatic rings. The van der Waals surface area contributed by atoms with Crippen LogP contribution in [-0.2, 0) is 7.05 Å². The summed E-state index contributed by atoms with van der Waals surface area (Å²) in [6, 6.07) is 15.9. The lowest BCUT2D eigenvalue weighted by molar-refractivity contribution is 0.959. The van der Waals surface area contributed by atoms with E-state index in [0.717, 1.165) is 28.1 Å². The number of anilines is 1. The van der Waals surface area contributed by atoms with E-state index in [1.807, 2.05) is 49.5 Å². The van der Waals surface area contributed by atoms with Crippen molar-refractivity contribution >= 4 is 16.7 Å². The summed E-state index contributed by atoms with van der Waals surface area (Å²) >= 11 is 0. The molecular weight excluding hydrogens is 210 g/mol. The Morgan fingerprint density at radius 3 is 2.65 bits per heavy atom. The third-order valence-electron chi connectivity index (χ3n) is 2.93. The summed E-state index contributed by atoms with van der Waals surface area (Å²) in [6.45, 7) is 0. The Labute approximate surface area is 99.5 Å². The van der Waals surface area contributed by atoms with E-state index in [1.54, 1.807) is 0 Å². The predicted molar refractivity (Wildman–Crippen MR) is 70.6 cm³/mol. The molecule has 3 aromatic rings. The van der Waals surface area contributed by atoms with E-state index < -0.39 is 0 Å². The Hall–Kier alpha value is -2.29. The van der Waals surface area contributed by atoms with E-state index in [4.69, 9.17) is 5.73 Å². The Kier molecular flexibility index (Phi) is 2.11. The first-order valence-corrected chi connectivity index (χ1v) is 5.53. The molecule has 0 radical (unpaired) electrons. The Bertz CT molecular complexity index is 683. The second-order valence-electron chi connectivity index (χ2n) is 4.11. The smallest absolute Gasteiger partial charge is 0.140 e. The van der Waals surface area contributed by atoms with Crippen molar-refractivity contribution < 1.29 is 0 Å². The molecule has 0 unspecified atom stereocenters. The van der Waals surface area contributed by atoms with Crippen molar-refractivity contribution in [2.45, 2.75) is 0 Å². The molecule has 0 atom stereocenters. The summed E-state index contributed by atoms with van der Waals surface area (Å²) in [6.07, 6.45) is 0. The van der Waals surface area contributed by atoms with Gasteiger partial charge in [-0.05, 0) is 24.3 Å². The van der Waals surface area contributed by atoms with Crippen LogP contribution >= 0.6 is 0 Å². The number of aromatic nitrogens is 2. The summed E-state index contributed by atoms with van der Waals surface area (Å²) in [4.78, 5) is 4.63. The second kappa shape index (κ2) is 3.63. The van der Waals surface area contributed by atoms with E-state index in [2.05, 4.69) is 15.6 Å². The number of hydrogen-bond acceptors (Lipinski definition) is 2. The van der Waals surface area contributed by atoms with Crippen LogP contribution in [0.4, 0.5) is 5.69 Å². The van der Waals surface area contributed by atoms with Gasteiger partial charge in [-0.2, -0.15) is 0 Å². The number of nitrogens with two attached hydrogens (primary N) is 1. The van der Waals surface area contributed by atoms with Crippen LogP contribution in [0.25, 0.3) is 22.4 Å². The largest absolute Gasteiger partial charge is 0.399 e. The molecule has 0 saturated heterocycles. The SMILES string of the molecule is Cn1c(-c2cccc(N)c2)nc2ccccc21. The Balaban J connectivity index is 2.27. The molecule has 84 valence electrons. The van der Waals surface area contributed by atoms with Crippen LogP contribution in [0.15, 0.2) is 48.5 Å². The van der Waals surface area contributed by atoms with Gasteiger partial charge >= 0.3 is 0 Å². The fourth-order valence-electron chi connectivity index (χ4n) is 2.08. The lowest BCUT2D eigenvalue weighted by Gasteiger charge is -2.03. The zero-order chi connectivity index (χ0) is 11.8. The first-order valence-electron chi connectivity index (χ1n) is 5.53. The monoisotopic (exact) mass is 223 g/mol. The average Bonchev–Trinajstić information content (AvgIpc) is 2.68. The van der Waals surface area contributed by atoms with E-state index in [9.17, 15) is 0 Å².